The topological polar surface area (TPSA) is 67.6 Å². The van der Waals surface area contributed by atoms with Gasteiger partial charge in [0.2, 0.25) is 0 Å². The van der Waals surface area contributed by atoms with Crippen molar-refractivity contribution in [1.82, 2.24) is 4.98 Å². The van der Waals surface area contributed by atoms with Gasteiger partial charge in [-0.15, -0.1) is 0 Å². The number of fused-ring (bicyclic) bond motifs is 1. The van der Waals surface area contributed by atoms with E-state index in [4.69, 9.17) is 24.5 Å². The molecule has 0 aliphatic carbocycles. The molecule has 0 saturated carbocycles. The van der Waals surface area contributed by atoms with Gasteiger partial charge >= 0.3 is 0 Å². The van der Waals surface area contributed by atoms with E-state index in [1.165, 1.54) is 5.69 Å². The number of rotatable bonds is 4. The number of anilines is 1. The van der Waals surface area contributed by atoms with Crippen LogP contribution in [0.25, 0.3) is 10.9 Å². The van der Waals surface area contributed by atoms with E-state index in [-0.39, 0.29) is 5.79 Å². The number of pyridine rings is 1. The molecule has 2 aromatic carbocycles. The van der Waals surface area contributed by atoms with E-state index in [1.54, 1.807) is 12.1 Å². The number of piperidine rings is 1. The Kier molecular flexibility index (Phi) is 5.23. The van der Waals surface area contributed by atoms with Gasteiger partial charge in [0.25, 0.3) is 0 Å². The predicted molar refractivity (Wildman–Crippen MR) is 118 cm³/mol. The number of nitriles is 1. The Morgan fingerprint density at radius 1 is 1.06 bits per heavy atom. The summed E-state index contributed by atoms with van der Waals surface area (Å²) in [5.41, 5.74) is 4.79. The van der Waals surface area contributed by atoms with Crippen molar-refractivity contribution in [2.75, 3.05) is 31.2 Å². The number of nitrogens with zero attached hydrogens (tertiary/aromatic N) is 3. The van der Waals surface area contributed by atoms with Gasteiger partial charge in [-0.2, -0.15) is 5.26 Å². The molecule has 6 heteroatoms. The first-order valence-electron chi connectivity index (χ1n) is 10.7. The van der Waals surface area contributed by atoms with E-state index in [2.05, 4.69) is 23.1 Å². The Bertz CT molecular complexity index is 1120. The van der Waals surface area contributed by atoms with Crippen LogP contribution in [0.5, 0.6) is 5.75 Å². The summed E-state index contributed by atoms with van der Waals surface area (Å²) in [5.74, 6) is 0.409. The van der Waals surface area contributed by atoms with Gasteiger partial charge in [0.15, 0.2) is 5.79 Å². The highest BCUT2D eigenvalue weighted by Gasteiger charge is 2.40. The maximum atomic E-state index is 8.93. The molecule has 31 heavy (non-hydrogen) atoms. The summed E-state index contributed by atoms with van der Waals surface area (Å²) < 4.78 is 17.7. The van der Waals surface area contributed by atoms with Crippen LogP contribution in [0.4, 0.5) is 5.69 Å². The van der Waals surface area contributed by atoms with Gasteiger partial charge in [-0.25, -0.2) is 0 Å². The Hall–Kier alpha value is -3.14. The number of ether oxygens (including phenoxy) is 3. The molecule has 0 bridgehead atoms. The zero-order valence-electron chi connectivity index (χ0n) is 17.6. The first-order valence-corrected chi connectivity index (χ1v) is 10.7. The van der Waals surface area contributed by atoms with Crippen molar-refractivity contribution >= 4 is 16.6 Å². The maximum absolute atomic E-state index is 8.93. The van der Waals surface area contributed by atoms with Crippen LogP contribution >= 0.6 is 0 Å². The molecule has 1 aromatic heterocycles. The molecule has 3 aromatic rings. The van der Waals surface area contributed by atoms with Crippen molar-refractivity contribution in [2.24, 2.45) is 0 Å². The van der Waals surface area contributed by atoms with Crippen molar-refractivity contribution in [1.29, 1.82) is 5.26 Å². The normalized spacial score (nSPS) is 17.7. The van der Waals surface area contributed by atoms with Crippen LogP contribution in [0.1, 0.15) is 29.7 Å². The quantitative estimate of drug-likeness (QED) is 0.632. The fourth-order valence-electron chi connectivity index (χ4n) is 4.39. The molecule has 3 heterocycles. The molecule has 0 radical (unpaired) electrons. The summed E-state index contributed by atoms with van der Waals surface area (Å²) in [6.45, 7) is 5.67. The molecule has 5 rings (SSSR count). The lowest BCUT2D eigenvalue weighted by Crippen LogP contribution is -2.45. The molecule has 0 atom stereocenters. The highest BCUT2D eigenvalue weighted by molar-refractivity contribution is 5.93. The van der Waals surface area contributed by atoms with Gasteiger partial charge in [-0.1, -0.05) is 12.1 Å². The fraction of sp³-hybridized carbons (Fsp3) is 0.360. The van der Waals surface area contributed by atoms with Gasteiger partial charge < -0.3 is 19.1 Å². The Labute approximate surface area is 182 Å². The zero-order valence-corrected chi connectivity index (χ0v) is 17.6. The van der Waals surface area contributed by atoms with E-state index in [0.717, 1.165) is 53.8 Å². The van der Waals surface area contributed by atoms with Crippen LogP contribution in [0.3, 0.4) is 0 Å². The predicted octanol–water partition coefficient (Wildman–Crippen LogP) is 4.34. The largest absolute Gasteiger partial charge is 0.489 e. The first kappa shape index (κ1) is 19.8. The van der Waals surface area contributed by atoms with Crippen molar-refractivity contribution in [3.8, 4) is 11.8 Å². The molecule has 1 spiro atoms. The first-order chi connectivity index (χ1) is 15.1. The molecule has 0 amide bonds. The molecule has 2 saturated heterocycles. The fourth-order valence-corrected chi connectivity index (χ4v) is 4.39. The summed E-state index contributed by atoms with van der Waals surface area (Å²) in [4.78, 5) is 7.16. The number of hydrogen-bond donors (Lipinski definition) is 0. The lowest BCUT2D eigenvalue weighted by molar-refractivity contribution is -0.169. The van der Waals surface area contributed by atoms with Gasteiger partial charge in [-0.3, -0.25) is 4.98 Å². The Morgan fingerprint density at radius 2 is 1.81 bits per heavy atom. The van der Waals surface area contributed by atoms with Gasteiger partial charge in [0.05, 0.1) is 30.4 Å². The minimum absolute atomic E-state index is 0.374. The van der Waals surface area contributed by atoms with Gasteiger partial charge in [0, 0.05) is 48.8 Å². The lowest BCUT2D eigenvalue weighted by atomic mass is 10.0. The van der Waals surface area contributed by atoms with E-state index >= 15 is 0 Å². The van der Waals surface area contributed by atoms with Gasteiger partial charge in [-0.05, 0) is 42.8 Å². The summed E-state index contributed by atoms with van der Waals surface area (Å²) >= 11 is 0. The minimum atomic E-state index is -0.374. The van der Waals surface area contributed by atoms with E-state index < -0.39 is 0 Å². The van der Waals surface area contributed by atoms with Crippen molar-refractivity contribution < 1.29 is 14.2 Å². The molecule has 0 N–H and O–H groups in total. The molecule has 2 aliphatic rings. The van der Waals surface area contributed by atoms with Crippen molar-refractivity contribution in [3.05, 3.63) is 65.4 Å². The number of hydrogen-bond acceptors (Lipinski definition) is 6. The highest BCUT2D eigenvalue weighted by Crippen LogP contribution is 2.36. The number of aryl methyl sites for hydroxylation is 1. The zero-order chi connectivity index (χ0) is 21.3. The van der Waals surface area contributed by atoms with E-state index in [0.29, 0.717) is 25.4 Å². The maximum Gasteiger partial charge on any atom is 0.171 e. The summed E-state index contributed by atoms with van der Waals surface area (Å²) in [6.07, 6.45) is 1.75. The van der Waals surface area contributed by atoms with Crippen LogP contribution in [-0.2, 0) is 16.1 Å². The molecule has 2 aliphatic heterocycles. The second-order valence-corrected chi connectivity index (χ2v) is 8.15. The van der Waals surface area contributed by atoms with E-state index in [1.807, 2.05) is 31.2 Å². The minimum Gasteiger partial charge on any atom is -0.489 e. The summed E-state index contributed by atoms with van der Waals surface area (Å²) in [5, 5.41) is 10.1. The lowest BCUT2D eigenvalue weighted by Gasteiger charge is -2.39. The summed E-state index contributed by atoms with van der Waals surface area (Å²) in [7, 11) is 0. The monoisotopic (exact) mass is 415 g/mol. The molecule has 2 fully saturated rings. The molecular weight excluding hydrogens is 390 g/mol. The Balaban J connectivity index is 1.34. The molecule has 0 unspecified atom stereocenters. The van der Waals surface area contributed by atoms with E-state index in [9.17, 15) is 0 Å². The molecular formula is C25H25N3O3. The third-order valence-corrected chi connectivity index (χ3v) is 6.06. The smallest absolute Gasteiger partial charge is 0.171 e. The molecule has 158 valence electrons. The van der Waals surface area contributed by atoms with Crippen LogP contribution in [0, 0.1) is 18.3 Å². The standard InChI is InChI=1S/C25H25N3O3/c1-18-14-24(28-10-8-25(9-11-28)30-12-13-31-25)22-7-6-21(15-23(22)27-18)29-17-20-4-2-19(16-26)3-5-20/h2-7,14-15H,8-13,17H2,1H3. The number of benzene rings is 2. The second kappa shape index (κ2) is 8.18. The number of aromatic nitrogens is 1. The van der Waals surface area contributed by atoms with Crippen LogP contribution in [0.15, 0.2) is 48.5 Å². The van der Waals surface area contributed by atoms with Crippen LogP contribution in [0.2, 0.25) is 0 Å². The average molecular weight is 415 g/mol. The van der Waals surface area contributed by atoms with Crippen LogP contribution < -0.4 is 9.64 Å². The Morgan fingerprint density at radius 3 is 2.52 bits per heavy atom. The third kappa shape index (κ3) is 4.07. The average Bonchev–Trinajstić information content (AvgIpc) is 3.25. The van der Waals surface area contributed by atoms with Crippen molar-refractivity contribution in [2.45, 2.75) is 32.2 Å². The third-order valence-electron chi connectivity index (χ3n) is 6.06. The second-order valence-electron chi connectivity index (χ2n) is 8.15. The SMILES string of the molecule is Cc1cc(N2CCC3(CC2)OCCO3)c2ccc(OCc3ccc(C#N)cc3)cc2n1. The van der Waals surface area contributed by atoms with Crippen LogP contribution in [-0.4, -0.2) is 37.1 Å². The summed E-state index contributed by atoms with van der Waals surface area (Å²) in [6, 6.07) is 17.8. The highest BCUT2D eigenvalue weighted by atomic mass is 16.7. The van der Waals surface area contributed by atoms with Gasteiger partial charge in [0.1, 0.15) is 12.4 Å². The molecule has 6 nitrogen and oxygen atoms in total. The van der Waals surface area contributed by atoms with Crippen molar-refractivity contribution in [3.63, 3.8) is 0 Å².